The standard InChI is InChI=1S/C19H21FN2O/c1-11(2)15-7-5-12(3)9-18(15)23-13(4)19-21-16-8-6-14(20)10-17(16)22-19/h5-11,13H,1-4H3,(H,21,22)/t13-/m0/s1. The number of aromatic amines is 1. The van der Waals surface area contributed by atoms with Crippen LogP contribution in [0, 0.1) is 12.7 Å². The summed E-state index contributed by atoms with van der Waals surface area (Å²) in [4.78, 5) is 7.64. The van der Waals surface area contributed by atoms with Crippen LogP contribution in [-0.4, -0.2) is 9.97 Å². The van der Waals surface area contributed by atoms with Crippen LogP contribution in [0.2, 0.25) is 0 Å². The predicted molar refractivity (Wildman–Crippen MR) is 90.4 cm³/mol. The monoisotopic (exact) mass is 312 g/mol. The summed E-state index contributed by atoms with van der Waals surface area (Å²) in [7, 11) is 0. The minimum Gasteiger partial charge on any atom is -0.483 e. The molecule has 1 heterocycles. The Morgan fingerprint density at radius 1 is 1.09 bits per heavy atom. The van der Waals surface area contributed by atoms with Crippen LogP contribution in [0.15, 0.2) is 36.4 Å². The fraction of sp³-hybridized carbons (Fsp3) is 0.316. The number of imidazole rings is 1. The zero-order chi connectivity index (χ0) is 16.6. The van der Waals surface area contributed by atoms with Gasteiger partial charge in [-0.25, -0.2) is 9.37 Å². The normalized spacial score (nSPS) is 12.8. The average Bonchev–Trinajstić information content (AvgIpc) is 2.90. The third-order valence-electron chi connectivity index (χ3n) is 3.94. The summed E-state index contributed by atoms with van der Waals surface area (Å²) in [5.41, 5.74) is 3.75. The fourth-order valence-corrected chi connectivity index (χ4v) is 2.66. The summed E-state index contributed by atoms with van der Waals surface area (Å²) < 4.78 is 19.4. The van der Waals surface area contributed by atoms with E-state index in [-0.39, 0.29) is 11.9 Å². The molecule has 0 aliphatic rings. The van der Waals surface area contributed by atoms with Gasteiger partial charge in [0.2, 0.25) is 0 Å². The van der Waals surface area contributed by atoms with Crippen LogP contribution in [0.1, 0.15) is 49.7 Å². The van der Waals surface area contributed by atoms with Crippen LogP contribution in [-0.2, 0) is 0 Å². The number of fused-ring (bicyclic) bond motifs is 1. The number of halogens is 1. The summed E-state index contributed by atoms with van der Waals surface area (Å²) >= 11 is 0. The van der Waals surface area contributed by atoms with E-state index in [1.54, 1.807) is 6.07 Å². The highest BCUT2D eigenvalue weighted by Crippen LogP contribution is 2.31. The maximum atomic E-state index is 13.3. The van der Waals surface area contributed by atoms with Crippen molar-refractivity contribution in [2.45, 2.75) is 39.7 Å². The van der Waals surface area contributed by atoms with Gasteiger partial charge in [0, 0.05) is 0 Å². The maximum absolute atomic E-state index is 13.3. The molecule has 23 heavy (non-hydrogen) atoms. The smallest absolute Gasteiger partial charge is 0.153 e. The van der Waals surface area contributed by atoms with E-state index >= 15 is 0 Å². The van der Waals surface area contributed by atoms with E-state index in [1.807, 2.05) is 19.9 Å². The zero-order valence-electron chi connectivity index (χ0n) is 13.9. The average molecular weight is 312 g/mol. The number of nitrogens with zero attached hydrogens (tertiary/aromatic N) is 1. The van der Waals surface area contributed by atoms with Gasteiger partial charge in [0.25, 0.3) is 0 Å². The van der Waals surface area contributed by atoms with Gasteiger partial charge in [-0.15, -0.1) is 0 Å². The Labute approximate surface area is 135 Å². The Morgan fingerprint density at radius 2 is 1.87 bits per heavy atom. The second-order valence-electron chi connectivity index (χ2n) is 6.24. The van der Waals surface area contributed by atoms with Gasteiger partial charge < -0.3 is 9.72 Å². The summed E-state index contributed by atoms with van der Waals surface area (Å²) in [5.74, 6) is 1.67. The Hall–Kier alpha value is -2.36. The zero-order valence-corrected chi connectivity index (χ0v) is 13.9. The molecule has 0 saturated heterocycles. The first-order valence-corrected chi connectivity index (χ1v) is 7.86. The van der Waals surface area contributed by atoms with E-state index in [0.29, 0.717) is 17.3 Å². The number of hydrogen-bond acceptors (Lipinski definition) is 2. The molecule has 0 saturated carbocycles. The molecule has 0 radical (unpaired) electrons. The van der Waals surface area contributed by atoms with Crippen LogP contribution >= 0.6 is 0 Å². The van der Waals surface area contributed by atoms with Gasteiger partial charge >= 0.3 is 0 Å². The van der Waals surface area contributed by atoms with Crippen molar-refractivity contribution >= 4 is 11.0 Å². The number of ether oxygens (including phenoxy) is 1. The number of H-pyrrole nitrogens is 1. The molecule has 2 aromatic carbocycles. The topological polar surface area (TPSA) is 37.9 Å². The van der Waals surface area contributed by atoms with Crippen LogP contribution in [0.4, 0.5) is 4.39 Å². The largest absolute Gasteiger partial charge is 0.483 e. The summed E-state index contributed by atoms with van der Waals surface area (Å²) in [6.07, 6.45) is -0.246. The fourth-order valence-electron chi connectivity index (χ4n) is 2.66. The molecule has 1 N–H and O–H groups in total. The minimum absolute atomic E-state index is 0.246. The molecule has 0 aliphatic heterocycles. The Bertz CT molecular complexity index is 839. The van der Waals surface area contributed by atoms with Crippen molar-refractivity contribution in [3.05, 3.63) is 59.2 Å². The SMILES string of the molecule is Cc1ccc(C(C)C)c(O[C@@H](C)c2nc3ccc(F)cc3[nH]2)c1. The van der Waals surface area contributed by atoms with Gasteiger partial charge in [-0.05, 0) is 55.2 Å². The van der Waals surface area contributed by atoms with E-state index in [1.165, 1.54) is 17.7 Å². The number of nitrogens with one attached hydrogen (secondary N) is 1. The lowest BCUT2D eigenvalue weighted by molar-refractivity contribution is 0.215. The van der Waals surface area contributed by atoms with Gasteiger partial charge in [0.15, 0.2) is 6.10 Å². The van der Waals surface area contributed by atoms with E-state index in [0.717, 1.165) is 16.8 Å². The number of aromatic nitrogens is 2. The molecule has 0 amide bonds. The van der Waals surface area contributed by atoms with Crippen molar-refractivity contribution in [3.63, 3.8) is 0 Å². The minimum atomic E-state index is -0.276. The first kappa shape index (κ1) is 15.5. The molecule has 4 heteroatoms. The van der Waals surface area contributed by atoms with Crippen LogP contribution in [0.3, 0.4) is 0 Å². The molecule has 3 nitrogen and oxygen atoms in total. The Balaban J connectivity index is 1.91. The maximum Gasteiger partial charge on any atom is 0.153 e. The van der Waals surface area contributed by atoms with Crippen molar-refractivity contribution in [2.75, 3.05) is 0 Å². The Kier molecular flexibility index (Phi) is 4.07. The molecule has 0 aliphatic carbocycles. The number of aryl methyl sites for hydroxylation is 1. The first-order chi connectivity index (χ1) is 10.9. The van der Waals surface area contributed by atoms with Crippen molar-refractivity contribution in [2.24, 2.45) is 0 Å². The van der Waals surface area contributed by atoms with Crippen molar-refractivity contribution in [1.82, 2.24) is 9.97 Å². The quantitative estimate of drug-likeness (QED) is 0.712. The summed E-state index contributed by atoms with van der Waals surface area (Å²) in [5, 5.41) is 0. The van der Waals surface area contributed by atoms with E-state index < -0.39 is 0 Å². The highest BCUT2D eigenvalue weighted by Gasteiger charge is 2.16. The highest BCUT2D eigenvalue weighted by atomic mass is 19.1. The molecular formula is C19H21FN2O. The van der Waals surface area contributed by atoms with E-state index in [2.05, 4.69) is 35.9 Å². The lowest BCUT2D eigenvalue weighted by Crippen LogP contribution is -2.07. The van der Waals surface area contributed by atoms with Crippen LogP contribution in [0.25, 0.3) is 11.0 Å². The molecule has 3 aromatic rings. The van der Waals surface area contributed by atoms with Gasteiger partial charge in [0.05, 0.1) is 11.0 Å². The van der Waals surface area contributed by atoms with Crippen molar-refractivity contribution in [3.8, 4) is 5.75 Å². The number of rotatable bonds is 4. The molecule has 1 aromatic heterocycles. The molecule has 0 spiro atoms. The molecule has 1 atom stereocenters. The van der Waals surface area contributed by atoms with Crippen molar-refractivity contribution in [1.29, 1.82) is 0 Å². The van der Waals surface area contributed by atoms with Gasteiger partial charge in [-0.1, -0.05) is 26.0 Å². The molecule has 120 valence electrons. The van der Waals surface area contributed by atoms with Crippen LogP contribution < -0.4 is 4.74 Å². The lowest BCUT2D eigenvalue weighted by Gasteiger charge is -2.18. The van der Waals surface area contributed by atoms with Crippen molar-refractivity contribution < 1.29 is 9.13 Å². The second-order valence-corrected chi connectivity index (χ2v) is 6.24. The predicted octanol–water partition coefficient (Wildman–Crippen LogP) is 5.27. The second kappa shape index (κ2) is 6.03. The first-order valence-electron chi connectivity index (χ1n) is 7.86. The third-order valence-corrected chi connectivity index (χ3v) is 3.94. The molecular weight excluding hydrogens is 291 g/mol. The van der Waals surface area contributed by atoms with E-state index in [9.17, 15) is 4.39 Å². The highest BCUT2D eigenvalue weighted by molar-refractivity contribution is 5.75. The van der Waals surface area contributed by atoms with Gasteiger partial charge in [-0.2, -0.15) is 0 Å². The Morgan fingerprint density at radius 3 is 2.61 bits per heavy atom. The van der Waals surface area contributed by atoms with E-state index in [4.69, 9.17) is 4.74 Å². The summed E-state index contributed by atoms with van der Waals surface area (Å²) in [6, 6.07) is 10.8. The van der Waals surface area contributed by atoms with Crippen LogP contribution in [0.5, 0.6) is 5.75 Å². The number of benzene rings is 2. The molecule has 3 rings (SSSR count). The van der Waals surface area contributed by atoms with Gasteiger partial charge in [0.1, 0.15) is 17.4 Å². The molecule has 0 unspecified atom stereocenters. The number of hydrogen-bond donors (Lipinski definition) is 1. The third kappa shape index (κ3) is 3.21. The molecule has 0 fully saturated rings. The molecule has 0 bridgehead atoms. The summed E-state index contributed by atoms with van der Waals surface area (Å²) in [6.45, 7) is 8.28. The van der Waals surface area contributed by atoms with Gasteiger partial charge in [-0.3, -0.25) is 0 Å². The lowest BCUT2D eigenvalue weighted by atomic mass is 10.0.